The summed E-state index contributed by atoms with van der Waals surface area (Å²) in [7, 11) is 0. The number of hydrogen-bond acceptors (Lipinski definition) is 2. The van der Waals surface area contributed by atoms with E-state index in [1.807, 2.05) is 11.8 Å². The third-order valence-corrected chi connectivity index (χ3v) is 4.52. The van der Waals surface area contributed by atoms with E-state index in [0.717, 1.165) is 5.25 Å². The third kappa shape index (κ3) is 2.37. The van der Waals surface area contributed by atoms with Gasteiger partial charge in [-0.3, -0.25) is 0 Å². The normalized spacial score (nSPS) is 25.7. The van der Waals surface area contributed by atoms with E-state index in [9.17, 15) is 0 Å². The largest absolute Gasteiger partial charge is 0.310 e. The molecule has 2 aliphatic rings. The topological polar surface area (TPSA) is 12.0 Å². The maximum absolute atomic E-state index is 3.54. The first-order valence-corrected chi connectivity index (χ1v) is 6.80. The second kappa shape index (κ2) is 4.18. The van der Waals surface area contributed by atoms with Crippen molar-refractivity contribution in [2.24, 2.45) is 0 Å². The van der Waals surface area contributed by atoms with Gasteiger partial charge in [0.25, 0.3) is 0 Å². The van der Waals surface area contributed by atoms with Crippen LogP contribution in [0, 0.1) is 0 Å². The van der Waals surface area contributed by atoms with Crippen molar-refractivity contribution in [3.8, 4) is 0 Å². The van der Waals surface area contributed by atoms with Gasteiger partial charge in [0.1, 0.15) is 0 Å². The fourth-order valence-corrected chi connectivity index (χ4v) is 3.18. The van der Waals surface area contributed by atoms with Gasteiger partial charge in [-0.2, -0.15) is 0 Å². The molecule has 0 amide bonds. The lowest BCUT2D eigenvalue weighted by atomic mass is 10.1. The van der Waals surface area contributed by atoms with Gasteiger partial charge in [-0.15, -0.1) is 11.8 Å². The highest BCUT2D eigenvalue weighted by Crippen LogP contribution is 2.39. The van der Waals surface area contributed by atoms with Gasteiger partial charge in [-0.05, 0) is 49.9 Å². The van der Waals surface area contributed by atoms with Gasteiger partial charge >= 0.3 is 0 Å². The molecule has 0 spiro atoms. The fourth-order valence-electron chi connectivity index (χ4n) is 2.13. The summed E-state index contributed by atoms with van der Waals surface area (Å²) in [6, 6.07) is 9.79. The molecule has 1 aromatic carbocycles. The Labute approximate surface area is 95.6 Å². The molecule has 1 unspecified atom stereocenters. The van der Waals surface area contributed by atoms with E-state index in [-0.39, 0.29) is 0 Å². The molecule has 0 radical (unpaired) electrons. The van der Waals surface area contributed by atoms with Crippen LogP contribution in [0.3, 0.4) is 0 Å². The van der Waals surface area contributed by atoms with Crippen molar-refractivity contribution in [3.05, 3.63) is 29.8 Å². The van der Waals surface area contributed by atoms with Gasteiger partial charge in [0.15, 0.2) is 0 Å². The predicted octanol–water partition coefficient (Wildman–Crippen LogP) is 3.37. The summed E-state index contributed by atoms with van der Waals surface area (Å²) in [5.41, 5.74) is 1.47. The molecule has 0 bridgehead atoms. The van der Waals surface area contributed by atoms with Crippen LogP contribution in [-0.4, -0.2) is 11.8 Å². The molecule has 1 atom stereocenters. The summed E-state index contributed by atoms with van der Waals surface area (Å²) in [5.74, 6) is 0. The minimum atomic E-state index is 0.616. The molecule has 1 heterocycles. The summed E-state index contributed by atoms with van der Waals surface area (Å²) in [5, 5.41) is 4.46. The van der Waals surface area contributed by atoms with Gasteiger partial charge < -0.3 is 5.32 Å². The second-order valence-electron chi connectivity index (χ2n) is 4.54. The smallest absolute Gasteiger partial charge is 0.0320 e. The van der Waals surface area contributed by atoms with Gasteiger partial charge in [0, 0.05) is 16.2 Å². The van der Waals surface area contributed by atoms with E-state index < -0.39 is 0 Å². The van der Waals surface area contributed by atoms with E-state index in [1.165, 1.54) is 42.7 Å². The molecule has 0 aromatic heterocycles. The van der Waals surface area contributed by atoms with Crippen LogP contribution in [0.2, 0.25) is 0 Å². The van der Waals surface area contributed by atoms with E-state index in [2.05, 4.69) is 29.6 Å². The van der Waals surface area contributed by atoms with E-state index >= 15 is 0 Å². The van der Waals surface area contributed by atoms with E-state index in [1.54, 1.807) is 0 Å². The minimum absolute atomic E-state index is 0.616. The maximum Gasteiger partial charge on any atom is 0.0320 e. The number of benzene rings is 1. The summed E-state index contributed by atoms with van der Waals surface area (Å²) < 4.78 is 0. The first kappa shape index (κ1) is 9.73. The van der Waals surface area contributed by atoms with Gasteiger partial charge in [-0.1, -0.05) is 12.1 Å². The highest BCUT2D eigenvalue weighted by Gasteiger charge is 2.22. The first-order chi connectivity index (χ1) is 7.42. The van der Waals surface area contributed by atoms with E-state index in [4.69, 9.17) is 0 Å². The molecule has 1 nitrogen and oxygen atoms in total. The van der Waals surface area contributed by atoms with Crippen LogP contribution in [0.15, 0.2) is 29.2 Å². The van der Waals surface area contributed by atoms with Crippen LogP contribution in [0.4, 0.5) is 0 Å². The average molecular weight is 219 g/mol. The average Bonchev–Trinajstić information content (AvgIpc) is 2.92. The lowest BCUT2D eigenvalue weighted by Crippen LogP contribution is -2.12. The summed E-state index contributed by atoms with van der Waals surface area (Å²) in [4.78, 5) is 1.44. The Bertz CT molecular complexity index is 323. The summed E-state index contributed by atoms with van der Waals surface area (Å²) in [6.45, 7) is 1.18. The Morgan fingerprint density at radius 3 is 2.47 bits per heavy atom. The van der Waals surface area contributed by atoms with Crippen LogP contribution in [0.5, 0.6) is 0 Å². The molecule has 1 saturated carbocycles. The molecule has 1 aliphatic heterocycles. The monoisotopic (exact) mass is 219 g/mol. The molecule has 1 aliphatic carbocycles. The lowest BCUT2D eigenvalue weighted by molar-refractivity contribution is 0.647. The quantitative estimate of drug-likeness (QED) is 0.836. The molecule has 1 N–H and O–H groups in total. The van der Waals surface area contributed by atoms with Crippen LogP contribution >= 0.6 is 11.8 Å². The van der Waals surface area contributed by atoms with Crippen molar-refractivity contribution in [2.75, 3.05) is 6.54 Å². The summed E-state index contributed by atoms with van der Waals surface area (Å²) in [6.07, 6.45) is 5.45. The molecule has 1 saturated heterocycles. The van der Waals surface area contributed by atoms with Gasteiger partial charge in [0.2, 0.25) is 0 Å². The van der Waals surface area contributed by atoms with Crippen molar-refractivity contribution < 1.29 is 0 Å². The fraction of sp³-hybridized carbons (Fsp3) is 0.538. The highest BCUT2D eigenvalue weighted by molar-refractivity contribution is 8.00. The SMILES string of the molecule is c1cc(C2CCCN2)ccc1SC1CC1. The Morgan fingerprint density at radius 2 is 1.87 bits per heavy atom. The molecule has 2 fully saturated rings. The van der Waals surface area contributed by atoms with Crippen LogP contribution in [0.25, 0.3) is 0 Å². The maximum atomic E-state index is 3.54. The molecule has 15 heavy (non-hydrogen) atoms. The van der Waals surface area contributed by atoms with Crippen LogP contribution in [0.1, 0.15) is 37.3 Å². The molecule has 80 valence electrons. The van der Waals surface area contributed by atoms with Crippen molar-refractivity contribution in [1.82, 2.24) is 5.32 Å². The van der Waals surface area contributed by atoms with Gasteiger partial charge in [-0.25, -0.2) is 0 Å². The zero-order valence-electron chi connectivity index (χ0n) is 8.91. The third-order valence-electron chi connectivity index (χ3n) is 3.17. The minimum Gasteiger partial charge on any atom is -0.310 e. The number of thioether (sulfide) groups is 1. The zero-order chi connectivity index (χ0) is 10.1. The zero-order valence-corrected chi connectivity index (χ0v) is 9.72. The van der Waals surface area contributed by atoms with E-state index in [0.29, 0.717) is 6.04 Å². The van der Waals surface area contributed by atoms with Crippen LogP contribution in [-0.2, 0) is 0 Å². The number of nitrogens with one attached hydrogen (secondary N) is 1. The first-order valence-electron chi connectivity index (χ1n) is 5.92. The Morgan fingerprint density at radius 1 is 1.07 bits per heavy atom. The molecular formula is C13H17NS. The molecule has 3 rings (SSSR count). The Hall–Kier alpha value is -0.470. The molecule has 2 heteroatoms. The number of rotatable bonds is 3. The van der Waals surface area contributed by atoms with Crippen molar-refractivity contribution in [3.63, 3.8) is 0 Å². The lowest BCUT2D eigenvalue weighted by Gasteiger charge is -2.10. The highest BCUT2D eigenvalue weighted by atomic mass is 32.2. The van der Waals surface area contributed by atoms with Crippen molar-refractivity contribution >= 4 is 11.8 Å². The van der Waals surface area contributed by atoms with Crippen LogP contribution < -0.4 is 5.32 Å². The van der Waals surface area contributed by atoms with Crippen molar-refractivity contribution in [1.29, 1.82) is 0 Å². The Balaban J connectivity index is 1.68. The number of hydrogen-bond donors (Lipinski definition) is 1. The predicted molar refractivity (Wildman–Crippen MR) is 65.3 cm³/mol. The second-order valence-corrected chi connectivity index (χ2v) is 5.91. The van der Waals surface area contributed by atoms with Gasteiger partial charge in [0.05, 0.1) is 0 Å². The van der Waals surface area contributed by atoms with Crippen molar-refractivity contribution in [2.45, 2.75) is 41.9 Å². The molecule has 1 aromatic rings. The standard InChI is InChI=1S/C13H17NS/c1-2-13(14-9-1)10-3-5-11(6-4-10)15-12-7-8-12/h3-6,12-14H,1-2,7-9H2. The summed E-state index contributed by atoms with van der Waals surface area (Å²) >= 11 is 2.04. The molecular weight excluding hydrogens is 202 g/mol. The Kier molecular flexibility index (Phi) is 2.72.